The van der Waals surface area contributed by atoms with Crippen molar-refractivity contribution in [1.29, 1.82) is 0 Å². The van der Waals surface area contributed by atoms with E-state index in [-0.39, 0.29) is 17.4 Å². The average Bonchev–Trinajstić information content (AvgIpc) is 3.03. The van der Waals surface area contributed by atoms with E-state index in [1.165, 1.54) is 16.9 Å². The molecule has 1 saturated heterocycles. The number of piperidine rings is 1. The number of likely N-dealkylation sites (tertiary alicyclic amines) is 1. The second-order valence-electron chi connectivity index (χ2n) is 5.95. The van der Waals surface area contributed by atoms with Gasteiger partial charge in [-0.05, 0) is 30.9 Å². The van der Waals surface area contributed by atoms with Crippen molar-refractivity contribution in [1.82, 2.24) is 24.9 Å². The Morgan fingerprint density at radius 3 is 2.75 bits per heavy atom. The summed E-state index contributed by atoms with van der Waals surface area (Å²) in [6.45, 7) is 3.43. The quantitative estimate of drug-likeness (QED) is 0.843. The lowest BCUT2D eigenvalue weighted by Crippen LogP contribution is -2.39. The summed E-state index contributed by atoms with van der Waals surface area (Å²) in [6, 6.07) is 2.10. The molecular weight excluding hydrogens is 323 g/mol. The zero-order chi connectivity index (χ0) is 17.3. The molecule has 0 bridgehead atoms. The predicted molar refractivity (Wildman–Crippen MR) is 78.5 cm³/mol. The van der Waals surface area contributed by atoms with Crippen LogP contribution in [0.5, 0.6) is 0 Å². The summed E-state index contributed by atoms with van der Waals surface area (Å²) in [5.74, 6) is 0.385. The van der Waals surface area contributed by atoms with Gasteiger partial charge in [0.2, 0.25) is 0 Å². The zero-order valence-electron chi connectivity index (χ0n) is 13.0. The number of amides is 1. The fourth-order valence-corrected chi connectivity index (χ4v) is 2.70. The van der Waals surface area contributed by atoms with Gasteiger partial charge in [0, 0.05) is 19.3 Å². The molecule has 128 valence electrons. The van der Waals surface area contributed by atoms with Gasteiger partial charge in [-0.15, -0.1) is 5.10 Å². The molecule has 3 rings (SSSR count). The Morgan fingerprint density at radius 1 is 1.33 bits per heavy atom. The van der Waals surface area contributed by atoms with E-state index in [1.54, 1.807) is 4.90 Å². The summed E-state index contributed by atoms with van der Waals surface area (Å²) >= 11 is 0. The Balaban J connectivity index is 1.76. The number of nitrogens with zero attached hydrogens (tertiary/aromatic N) is 5. The van der Waals surface area contributed by atoms with Crippen LogP contribution in [0.3, 0.4) is 0 Å². The first kappa shape index (κ1) is 16.4. The van der Waals surface area contributed by atoms with Crippen LogP contribution < -0.4 is 0 Å². The van der Waals surface area contributed by atoms with E-state index in [4.69, 9.17) is 0 Å². The molecule has 1 amide bonds. The third kappa shape index (κ3) is 3.39. The van der Waals surface area contributed by atoms with Crippen LogP contribution in [0.25, 0.3) is 5.82 Å². The lowest BCUT2D eigenvalue weighted by atomic mass is 10.0. The molecule has 24 heavy (non-hydrogen) atoms. The standard InChI is InChI=1S/C15H16F3N5O/c1-10-3-2-6-22(8-10)14(24)12-9-23(21-20-12)13-5-4-11(7-19-13)15(16,17)18/h4-5,7,9-10H,2-3,6,8H2,1H3/t10-/m1/s1. The lowest BCUT2D eigenvalue weighted by Gasteiger charge is -2.30. The number of carbonyl (C=O) groups is 1. The molecule has 3 heterocycles. The van der Waals surface area contributed by atoms with Crippen LogP contribution in [0, 0.1) is 5.92 Å². The van der Waals surface area contributed by atoms with E-state index in [2.05, 4.69) is 22.2 Å². The number of rotatable bonds is 2. The summed E-state index contributed by atoms with van der Waals surface area (Å²) in [6.07, 6.45) is -0.296. The molecule has 1 aliphatic rings. The molecular formula is C15H16F3N5O. The SMILES string of the molecule is C[C@@H]1CCCN(C(=O)c2cn(-c3ccc(C(F)(F)F)cn3)nn2)C1. The number of carbonyl (C=O) groups excluding carboxylic acids is 1. The van der Waals surface area contributed by atoms with Crippen LogP contribution in [0.15, 0.2) is 24.5 Å². The second-order valence-corrected chi connectivity index (χ2v) is 5.95. The first-order chi connectivity index (χ1) is 11.3. The third-order valence-electron chi connectivity index (χ3n) is 3.97. The van der Waals surface area contributed by atoms with Gasteiger partial charge in [-0.25, -0.2) is 9.67 Å². The predicted octanol–water partition coefficient (Wildman–Crippen LogP) is 2.55. The lowest BCUT2D eigenvalue weighted by molar-refractivity contribution is -0.137. The van der Waals surface area contributed by atoms with Crippen molar-refractivity contribution in [3.63, 3.8) is 0 Å². The van der Waals surface area contributed by atoms with Crippen molar-refractivity contribution in [2.45, 2.75) is 25.9 Å². The fraction of sp³-hybridized carbons (Fsp3) is 0.467. The summed E-state index contributed by atoms with van der Waals surface area (Å²) in [7, 11) is 0. The molecule has 6 nitrogen and oxygen atoms in total. The monoisotopic (exact) mass is 339 g/mol. The van der Waals surface area contributed by atoms with Crippen LogP contribution in [-0.4, -0.2) is 43.9 Å². The van der Waals surface area contributed by atoms with E-state index < -0.39 is 11.7 Å². The van der Waals surface area contributed by atoms with Gasteiger partial charge in [0.05, 0.1) is 11.8 Å². The number of pyridine rings is 1. The first-order valence-electron chi connectivity index (χ1n) is 7.60. The molecule has 0 aliphatic carbocycles. The maximum absolute atomic E-state index is 12.5. The van der Waals surface area contributed by atoms with Gasteiger partial charge in [-0.3, -0.25) is 4.79 Å². The van der Waals surface area contributed by atoms with Crippen LogP contribution in [0.4, 0.5) is 13.2 Å². The normalized spacial score (nSPS) is 18.7. The van der Waals surface area contributed by atoms with Gasteiger partial charge in [-0.2, -0.15) is 13.2 Å². The number of hydrogen-bond acceptors (Lipinski definition) is 4. The molecule has 1 atom stereocenters. The highest BCUT2D eigenvalue weighted by atomic mass is 19.4. The van der Waals surface area contributed by atoms with Crippen molar-refractivity contribution >= 4 is 5.91 Å². The third-order valence-corrected chi connectivity index (χ3v) is 3.97. The second kappa shape index (κ2) is 6.21. The topological polar surface area (TPSA) is 63.9 Å². The number of alkyl halides is 3. The minimum absolute atomic E-state index is 0.158. The highest BCUT2D eigenvalue weighted by Gasteiger charge is 2.31. The molecule has 2 aromatic rings. The fourth-order valence-electron chi connectivity index (χ4n) is 2.70. The molecule has 9 heteroatoms. The Morgan fingerprint density at radius 2 is 2.12 bits per heavy atom. The van der Waals surface area contributed by atoms with E-state index in [1.807, 2.05) is 0 Å². The molecule has 1 fully saturated rings. The van der Waals surface area contributed by atoms with Crippen LogP contribution >= 0.6 is 0 Å². The maximum atomic E-state index is 12.5. The first-order valence-corrected chi connectivity index (χ1v) is 7.60. The average molecular weight is 339 g/mol. The summed E-state index contributed by atoms with van der Waals surface area (Å²) in [4.78, 5) is 17.9. The Bertz CT molecular complexity index is 725. The number of halogens is 3. The molecule has 0 aromatic carbocycles. The smallest absolute Gasteiger partial charge is 0.337 e. The van der Waals surface area contributed by atoms with Crippen molar-refractivity contribution < 1.29 is 18.0 Å². The highest BCUT2D eigenvalue weighted by molar-refractivity contribution is 5.92. The van der Waals surface area contributed by atoms with Crippen molar-refractivity contribution in [3.8, 4) is 5.82 Å². The van der Waals surface area contributed by atoms with E-state index in [0.29, 0.717) is 19.0 Å². The molecule has 2 aromatic heterocycles. The van der Waals surface area contributed by atoms with E-state index in [9.17, 15) is 18.0 Å². The van der Waals surface area contributed by atoms with Gasteiger partial charge in [-0.1, -0.05) is 12.1 Å². The largest absolute Gasteiger partial charge is 0.417 e. The minimum atomic E-state index is -4.44. The molecule has 0 unspecified atom stereocenters. The Hall–Kier alpha value is -2.45. The van der Waals surface area contributed by atoms with Crippen LogP contribution in [-0.2, 0) is 6.18 Å². The molecule has 0 spiro atoms. The van der Waals surface area contributed by atoms with Crippen molar-refractivity contribution in [2.24, 2.45) is 5.92 Å². The highest BCUT2D eigenvalue weighted by Crippen LogP contribution is 2.28. The van der Waals surface area contributed by atoms with Gasteiger partial charge in [0.15, 0.2) is 11.5 Å². The van der Waals surface area contributed by atoms with Crippen LogP contribution in [0.2, 0.25) is 0 Å². The van der Waals surface area contributed by atoms with Gasteiger partial charge < -0.3 is 4.90 Å². The number of hydrogen-bond donors (Lipinski definition) is 0. The Kier molecular flexibility index (Phi) is 4.25. The molecule has 1 aliphatic heterocycles. The summed E-state index contributed by atoms with van der Waals surface area (Å²) in [5.41, 5.74) is -0.684. The number of aromatic nitrogens is 4. The molecule has 0 saturated carbocycles. The van der Waals surface area contributed by atoms with Crippen molar-refractivity contribution in [2.75, 3.05) is 13.1 Å². The zero-order valence-corrected chi connectivity index (χ0v) is 13.0. The van der Waals surface area contributed by atoms with Crippen molar-refractivity contribution in [3.05, 3.63) is 35.8 Å². The molecule has 0 radical (unpaired) electrons. The molecule has 0 N–H and O–H groups in total. The van der Waals surface area contributed by atoms with Gasteiger partial charge >= 0.3 is 6.18 Å². The van der Waals surface area contributed by atoms with Crippen LogP contribution in [0.1, 0.15) is 35.8 Å². The summed E-state index contributed by atoms with van der Waals surface area (Å²) < 4.78 is 38.8. The summed E-state index contributed by atoms with van der Waals surface area (Å²) in [5, 5.41) is 7.61. The van der Waals surface area contributed by atoms with Gasteiger partial charge in [0.1, 0.15) is 0 Å². The maximum Gasteiger partial charge on any atom is 0.417 e. The Labute approximate surface area is 136 Å². The van der Waals surface area contributed by atoms with E-state index >= 15 is 0 Å². The van der Waals surface area contributed by atoms with E-state index in [0.717, 1.165) is 25.1 Å². The van der Waals surface area contributed by atoms with Gasteiger partial charge in [0.25, 0.3) is 5.91 Å². The minimum Gasteiger partial charge on any atom is -0.337 e.